The van der Waals surface area contributed by atoms with Crippen LogP contribution in [0.15, 0.2) is 86.0 Å². The third-order valence-electron chi connectivity index (χ3n) is 7.08. The van der Waals surface area contributed by atoms with Gasteiger partial charge in [0.15, 0.2) is 11.6 Å². The molecule has 8 heteroatoms. The van der Waals surface area contributed by atoms with E-state index in [4.69, 9.17) is 18.9 Å². The molecule has 0 unspecified atom stereocenters. The Labute approximate surface area is 264 Å². The molecule has 0 fully saturated rings. The van der Waals surface area contributed by atoms with Crippen molar-refractivity contribution in [2.45, 2.75) is 57.8 Å². The molecule has 6 nitrogen and oxygen atoms in total. The minimum atomic E-state index is -0.876. The van der Waals surface area contributed by atoms with Crippen molar-refractivity contribution in [2.75, 3.05) is 26.4 Å². The van der Waals surface area contributed by atoms with Gasteiger partial charge in [-0.1, -0.05) is 49.6 Å². The Kier molecular flexibility index (Phi) is 15.4. The van der Waals surface area contributed by atoms with Crippen molar-refractivity contribution < 1.29 is 37.3 Å². The van der Waals surface area contributed by atoms with Crippen LogP contribution in [-0.2, 0) is 25.5 Å². The lowest BCUT2D eigenvalue weighted by atomic mass is 9.99. The van der Waals surface area contributed by atoms with E-state index in [0.29, 0.717) is 37.7 Å². The van der Waals surface area contributed by atoms with E-state index in [1.54, 1.807) is 36.4 Å². The van der Waals surface area contributed by atoms with Crippen molar-refractivity contribution >= 4 is 11.9 Å². The quantitative estimate of drug-likeness (QED) is 0.0675. The van der Waals surface area contributed by atoms with Crippen molar-refractivity contribution in [3.63, 3.8) is 0 Å². The number of ether oxygens (including phenoxy) is 4. The molecule has 3 aromatic rings. The number of carbonyl (C=O) groups excluding carboxylic acids is 2. The van der Waals surface area contributed by atoms with E-state index < -0.39 is 23.6 Å². The highest BCUT2D eigenvalue weighted by atomic mass is 19.2. The summed E-state index contributed by atoms with van der Waals surface area (Å²) < 4.78 is 51.6. The van der Waals surface area contributed by atoms with E-state index in [1.807, 2.05) is 24.3 Å². The molecule has 0 bridgehead atoms. The number of benzene rings is 3. The second kappa shape index (κ2) is 19.7. The molecule has 0 spiro atoms. The van der Waals surface area contributed by atoms with Crippen LogP contribution in [0.4, 0.5) is 8.78 Å². The fraction of sp³-hybridized carbons (Fsp3) is 0.351. The van der Waals surface area contributed by atoms with Gasteiger partial charge in [-0.05, 0) is 92.3 Å². The maximum atomic E-state index is 15.1. The van der Waals surface area contributed by atoms with E-state index in [2.05, 4.69) is 13.2 Å². The smallest absolute Gasteiger partial charge is 0.330 e. The summed E-state index contributed by atoms with van der Waals surface area (Å²) in [5.74, 6) is -1.16. The van der Waals surface area contributed by atoms with E-state index >= 15 is 8.78 Å². The number of unbranched alkanes of at least 4 members (excludes halogenated alkanes) is 6. The molecule has 3 rings (SSSR count). The summed E-state index contributed by atoms with van der Waals surface area (Å²) in [7, 11) is 0. The van der Waals surface area contributed by atoms with E-state index in [0.717, 1.165) is 74.8 Å². The lowest BCUT2D eigenvalue weighted by Crippen LogP contribution is -2.02. The first kappa shape index (κ1) is 35.0. The third kappa shape index (κ3) is 12.6. The molecule has 0 aromatic heterocycles. The van der Waals surface area contributed by atoms with Gasteiger partial charge in [-0.25, -0.2) is 18.4 Å². The van der Waals surface area contributed by atoms with Gasteiger partial charge in [0.25, 0.3) is 0 Å². The standard InChI is InChI=1S/C37H42F2O6/c1-3-34(40)44-25-11-7-5-9-23-42-31-18-13-28(14-19-31)27-30-17-22-33(37(39)36(30)38)29-15-20-32(21-16-29)43-24-10-6-8-12-26-45-35(41)4-2/h3-4,13-22H,1-2,5-12,23-27H2. The van der Waals surface area contributed by atoms with Crippen molar-refractivity contribution in [1.82, 2.24) is 0 Å². The second-order valence-corrected chi connectivity index (χ2v) is 10.5. The molecule has 0 amide bonds. The first-order chi connectivity index (χ1) is 21.9. The first-order valence-corrected chi connectivity index (χ1v) is 15.4. The molecular weight excluding hydrogens is 578 g/mol. The van der Waals surface area contributed by atoms with Gasteiger partial charge in [0.05, 0.1) is 26.4 Å². The number of rotatable bonds is 21. The number of hydrogen-bond acceptors (Lipinski definition) is 6. The van der Waals surface area contributed by atoms with Crippen molar-refractivity contribution in [3.8, 4) is 22.6 Å². The topological polar surface area (TPSA) is 71.1 Å². The van der Waals surface area contributed by atoms with Crippen LogP contribution in [0.5, 0.6) is 11.5 Å². The molecule has 0 saturated carbocycles. The van der Waals surface area contributed by atoms with Gasteiger partial charge in [0.2, 0.25) is 0 Å². The monoisotopic (exact) mass is 620 g/mol. The SMILES string of the molecule is C=CC(=O)OCCCCCCOc1ccc(Cc2ccc(-c3ccc(OCCCCCCOC(=O)C=C)cc3)c(F)c2F)cc1. The summed E-state index contributed by atoms with van der Waals surface area (Å²) in [6.45, 7) is 8.61. The van der Waals surface area contributed by atoms with Crippen LogP contribution in [0, 0.1) is 11.6 Å². The normalized spacial score (nSPS) is 10.6. The van der Waals surface area contributed by atoms with E-state index in [1.165, 1.54) is 0 Å². The van der Waals surface area contributed by atoms with Crippen LogP contribution in [0.3, 0.4) is 0 Å². The maximum absolute atomic E-state index is 15.1. The predicted octanol–water partition coefficient (Wildman–Crippen LogP) is 8.56. The highest BCUT2D eigenvalue weighted by Crippen LogP contribution is 2.29. The van der Waals surface area contributed by atoms with E-state index in [-0.39, 0.29) is 17.5 Å². The highest BCUT2D eigenvalue weighted by molar-refractivity contribution is 5.81. The average molecular weight is 621 g/mol. The number of esters is 2. The Morgan fingerprint density at radius 2 is 1.04 bits per heavy atom. The Bertz CT molecular complexity index is 1370. The number of carbonyl (C=O) groups is 2. The molecule has 0 N–H and O–H groups in total. The summed E-state index contributed by atoms with van der Waals surface area (Å²) in [6.07, 6.45) is 9.66. The first-order valence-electron chi connectivity index (χ1n) is 15.4. The summed E-state index contributed by atoms with van der Waals surface area (Å²) >= 11 is 0. The van der Waals surface area contributed by atoms with Gasteiger partial charge in [-0.3, -0.25) is 0 Å². The van der Waals surface area contributed by atoms with Gasteiger partial charge in [0.1, 0.15) is 11.5 Å². The minimum absolute atomic E-state index is 0.196. The molecule has 0 aliphatic carbocycles. The zero-order valence-corrected chi connectivity index (χ0v) is 25.7. The summed E-state index contributed by atoms with van der Waals surface area (Å²) in [4.78, 5) is 22.0. The molecule has 0 heterocycles. The summed E-state index contributed by atoms with van der Waals surface area (Å²) in [6, 6.07) is 17.6. The Morgan fingerprint density at radius 3 is 1.53 bits per heavy atom. The number of halogens is 2. The average Bonchev–Trinajstić information content (AvgIpc) is 3.06. The Hall–Kier alpha value is -4.46. The van der Waals surface area contributed by atoms with Crippen molar-refractivity contribution in [2.24, 2.45) is 0 Å². The number of hydrogen-bond donors (Lipinski definition) is 0. The maximum Gasteiger partial charge on any atom is 0.330 e. The zero-order chi connectivity index (χ0) is 32.3. The molecule has 0 aliphatic rings. The lowest BCUT2D eigenvalue weighted by molar-refractivity contribution is -0.138. The summed E-state index contributed by atoms with van der Waals surface area (Å²) in [5.41, 5.74) is 1.89. The van der Waals surface area contributed by atoms with Gasteiger partial charge in [-0.15, -0.1) is 0 Å². The third-order valence-corrected chi connectivity index (χ3v) is 7.08. The molecule has 0 aliphatic heterocycles. The fourth-order valence-corrected chi connectivity index (χ4v) is 4.56. The van der Waals surface area contributed by atoms with Gasteiger partial charge in [-0.2, -0.15) is 0 Å². The van der Waals surface area contributed by atoms with Crippen LogP contribution < -0.4 is 9.47 Å². The van der Waals surface area contributed by atoms with Crippen LogP contribution in [0.1, 0.15) is 62.5 Å². The van der Waals surface area contributed by atoms with Gasteiger partial charge in [0, 0.05) is 24.1 Å². The lowest BCUT2D eigenvalue weighted by Gasteiger charge is -2.11. The largest absolute Gasteiger partial charge is 0.494 e. The van der Waals surface area contributed by atoms with Gasteiger partial charge >= 0.3 is 11.9 Å². The van der Waals surface area contributed by atoms with Crippen LogP contribution in [-0.4, -0.2) is 38.4 Å². The fourth-order valence-electron chi connectivity index (χ4n) is 4.56. The molecule has 3 aromatic carbocycles. The second-order valence-electron chi connectivity index (χ2n) is 10.5. The molecule has 0 atom stereocenters. The highest BCUT2D eigenvalue weighted by Gasteiger charge is 2.15. The summed E-state index contributed by atoms with van der Waals surface area (Å²) in [5, 5.41) is 0. The van der Waals surface area contributed by atoms with Crippen LogP contribution >= 0.6 is 0 Å². The Balaban J connectivity index is 1.39. The van der Waals surface area contributed by atoms with Crippen molar-refractivity contribution in [1.29, 1.82) is 0 Å². The zero-order valence-electron chi connectivity index (χ0n) is 25.7. The molecule has 45 heavy (non-hydrogen) atoms. The Morgan fingerprint density at radius 1 is 0.578 bits per heavy atom. The minimum Gasteiger partial charge on any atom is -0.494 e. The molecule has 0 saturated heterocycles. The van der Waals surface area contributed by atoms with Crippen LogP contribution in [0.25, 0.3) is 11.1 Å². The van der Waals surface area contributed by atoms with Crippen molar-refractivity contribution in [3.05, 3.63) is 109 Å². The van der Waals surface area contributed by atoms with Crippen LogP contribution in [0.2, 0.25) is 0 Å². The molecular formula is C37H42F2O6. The van der Waals surface area contributed by atoms with E-state index in [9.17, 15) is 9.59 Å². The van der Waals surface area contributed by atoms with Gasteiger partial charge < -0.3 is 18.9 Å². The molecule has 0 radical (unpaired) electrons. The predicted molar refractivity (Wildman–Crippen MR) is 171 cm³/mol. The molecule has 240 valence electrons.